The minimum Gasteiger partial charge on any atom is -0.294 e. The van der Waals surface area contributed by atoms with E-state index in [1.54, 1.807) is 30.5 Å². The summed E-state index contributed by atoms with van der Waals surface area (Å²) in [5, 5.41) is 0.679. The van der Waals surface area contributed by atoms with Crippen LogP contribution in [0.5, 0.6) is 0 Å². The first kappa shape index (κ1) is 11.8. The highest BCUT2D eigenvalue weighted by molar-refractivity contribution is 6.30. The number of hydrogen-bond donors (Lipinski definition) is 0. The van der Waals surface area contributed by atoms with Gasteiger partial charge in [-0.1, -0.05) is 23.7 Å². The van der Waals surface area contributed by atoms with Crippen LogP contribution in [-0.2, 0) is 6.42 Å². The molecule has 2 rings (SSSR count). The number of pyridine rings is 1. The molecule has 1 aromatic carbocycles. The second kappa shape index (κ2) is 5.11. The first-order valence-corrected chi connectivity index (χ1v) is 5.74. The predicted molar refractivity (Wildman–Crippen MR) is 68.5 cm³/mol. The quantitative estimate of drug-likeness (QED) is 0.775. The van der Waals surface area contributed by atoms with Gasteiger partial charge in [-0.25, -0.2) is 0 Å². The number of halogens is 1. The monoisotopic (exact) mass is 245 g/mol. The number of hydrogen-bond acceptors (Lipinski definition) is 2. The van der Waals surface area contributed by atoms with Gasteiger partial charge < -0.3 is 0 Å². The molecule has 17 heavy (non-hydrogen) atoms. The van der Waals surface area contributed by atoms with E-state index in [9.17, 15) is 4.79 Å². The van der Waals surface area contributed by atoms with Crippen molar-refractivity contribution in [2.75, 3.05) is 0 Å². The third kappa shape index (κ3) is 2.92. The van der Waals surface area contributed by atoms with Crippen LogP contribution in [-0.4, -0.2) is 10.8 Å². The Bertz CT molecular complexity index is 534. The molecule has 2 aromatic rings. The van der Waals surface area contributed by atoms with Gasteiger partial charge in [0.15, 0.2) is 5.78 Å². The fraction of sp³-hybridized carbons (Fsp3) is 0.143. The molecule has 2 nitrogen and oxygen atoms in total. The maximum Gasteiger partial charge on any atom is 0.169 e. The zero-order valence-corrected chi connectivity index (χ0v) is 10.2. The second-order valence-corrected chi connectivity index (χ2v) is 4.30. The second-order valence-electron chi connectivity index (χ2n) is 3.86. The molecule has 0 bridgehead atoms. The lowest BCUT2D eigenvalue weighted by Gasteiger charge is -2.04. The molecule has 1 aromatic heterocycles. The molecule has 0 saturated carbocycles. The minimum absolute atomic E-state index is 0.0814. The maximum absolute atomic E-state index is 12.0. The van der Waals surface area contributed by atoms with Crippen molar-refractivity contribution in [2.45, 2.75) is 13.3 Å². The van der Waals surface area contributed by atoms with Crippen LogP contribution >= 0.6 is 11.6 Å². The molecule has 0 fully saturated rings. The molecule has 0 unspecified atom stereocenters. The van der Waals surface area contributed by atoms with Crippen molar-refractivity contribution < 1.29 is 4.79 Å². The molecule has 0 aliphatic heterocycles. The average Bonchev–Trinajstić information content (AvgIpc) is 2.32. The molecule has 0 amide bonds. The molecule has 0 spiro atoms. The molecular weight excluding hydrogens is 234 g/mol. The summed E-state index contributed by atoms with van der Waals surface area (Å²) >= 11 is 5.80. The molecule has 0 radical (unpaired) electrons. The summed E-state index contributed by atoms with van der Waals surface area (Å²) in [5.74, 6) is 0.0814. The third-order valence-electron chi connectivity index (χ3n) is 2.59. The smallest absolute Gasteiger partial charge is 0.169 e. The lowest BCUT2D eigenvalue weighted by molar-refractivity contribution is 0.0992. The summed E-state index contributed by atoms with van der Waals surface area (Å²) in [4.78, 5) is 16.2. The van der Waals surface area contributed by atoms with E-state index in [1.807, 2.05) is 19.1 Å². The Hall–Kier alpha value is -1.67. The van der Waals surface area contributed by atoms with Crippen molar-refractivity contribution in [3.8, 4) is 0 Å². The van der Waals surface area contributed by atoms with Crippen LogP contribution in [0.2, 0.25) is 5.02 Å². The zero-order chi connectivity index (χ0) is 12.3. The SMILES string of the molecule is Cc1ncccc1C(=O)Cc1ccc(Cl)cc1. The molecule has 0 atom stereocenters. The van der Waals surface area contributed by atoms with Gasteiger partial charge in [-0.05, 0) is 36.8 Å². The van der Waals surface area contributed by atoms with Crippen molar-refractivity contribution in [3.63, 3.8) is 0 Å². The fourth-order valence-corrected chi connectivity index (χ4v) is 1.79. The summed E-state index contributed by atoms with van der Waals surface area (Å²) < 4.78 is 0. The number of aryl methyl sites for hydroxylation is 1. The highest BCUT2D eigenvalue weighted by Crippen LogP contribution is 2.13. The standard InChI is InChI=1S/C14H12ClNO/c1-10-13(3-2-8-16-10)14(17)9-11-4-6-12(15)7-5-11/h2-8H,9H2,1H3. The molecule has 0 saturated heterocycles. The van der Waals surface area contributed by atoms with Crippen LogP contribution < -0.4 is 0 Å². The van der Waals surface area contributed by atoms with Crippen LogP contribution in [0, 0.1) is 6.92 Å². The minimum atomic E-state index is 0.0814. The molecule has 1 heterocycles. The Morgan fingerprint density at radius 2 is 1.94 bits per heavy atom. The molecule has 0 N–H and O–H groups in total. The Morgan fingerprint density at radius 3 is 2.59 bits per heavy atom. The number of aromatic nitrogens is 1. The number of nitrogens with zero attached hydrogens (tertiary/aromatic N) is 1. The summed E-state index contributed by atoms with van der Waals surface area (Å²) in [6.07, 6.45) is 2.07. The van der Waals surface area contributed by atoms with Gasteiger partial charge in [-0.15, -0.1) is 0 Å². The highest BCUT2D eigenvalue weighted by Gasteiger charge is 2.09. The largest absolute Gasteiger partial charge is 0.294 e. The van der Waals surface area contributed by atoms with E-state index < -0.39 is 0 Å². The van der Waals surface area contributed by atoms with E-state index in [-0.39, 0.29) is 5.78 Å². The van der Waals surface area contributed by atoms with Crippen molar-refractivity contribution in [3.05, 3.63) is 64.4 Å². The zero-order valence-electron chi connectivity index (χ0n) is 9.48. The van der Waals surface area contributed by atoms with Gasteiger partial charge in [0.25, 0.3) is 0 Å². The van der Waals surface area contributed by atoms with E-state index in [0.29, 0.717) is 17.0 Å². The number of Topliss-reactive ketones (excluding diaryl/α,β-unsaturated/α-hetero) is 1. The van der Waals surface area contributed by atoms with Gasteiger partial charge in [0.1, 0.15) is 0 Å². The van der Waals surface area contributed by atoms with Crippen LogP contribution in [0.1, 0.15) is 21.6 Å². The summed E-state index contributed by atoms with van der Waals surface area (Å²) in [7, 11) is 0. The van der Waals surface area contributed by atoms with Crippen molar-refractivity contribution in [2.24, 2.45) is 0 Å². The van der Waals surface area contributed by atoms with Gasteiger partial charge >= 0.3 is 0 Å². The van der Waals surface area contributed by atoms with Crippen LogP contribution in [0.15, 0.2) is 42.6 Å². The molecular formula is C14H12ClNO. The summed E-state index contributed by atoms with van der Waals surface area (Å²) in [5.41, 5.74) is 2.41. The van der Waals surface area contributed by atoms with E-state index in [0.717, 1.165) is 11.3 Å². The average molecular weight is 246 g/mol. The molecule has 0 aliphatic carbocycles. The van der Waals surface area contributed by atoms with E-state index in [2.05, 4.69) is 4.98 Å². The van der Waals surface area contributed by atoms with Crippen LogP contribution in [0.25, 0.3) is 0 Å². The Morgan fingerprint density at radius 1 is 1.24 bits per heavy atom. The lowest BCUT2D eigenvalue weighted by atomic mass is 10.0. The van der Waals surface area contributed by atoms with E-state index >= 15 is 0 Å². The first-order chi connectivity index (χ1) is 8.16. The van der Waals surface area contributed by atoms with E-state index in [1.165, 1.54) is 0 Å². The predicted octanol–water partition coefficient (Wildman–Crippen LogP) is 3.47. The molecule has 86 valence electrons. The Labute approximate surface area is 105 Å². The number of benzene rings is 1. The molecule has 3 heteroatoms. The number of ketones is 1. The van der Waals surface area contributed by atoms with Gasteiger partial charge in [0, 0.05) is 28.9 Å². The van der Waals surface area contributed by atoms with Crippen molar-refractivity contribution >= 4 is 17.4 Å². The van der Waals surface area contributed by atoms with Crippen LogP contribution in [0.4, 0.5) is 0 Å². The number of carbonyl (C=O) groups excluding carboxylic acids is 1. The van der Waals surface area contributed by atoms with Gasteiger partial charge in [-0.2, -0.15) is 0 Å². The van der Waals surface area contributed by atoms with E-state index in [4.69, 9.17) is 11.6 Å². The Kier molecular flexibility index (Phi) is 3.55. The van der Waals surface area contributed by atoms with Gasteiger partial charge in [-0.3, -0.25) is 9.78 Å². The van der Waals surface area contributed by atoms with Gasteiger partial charge in [0.2, 0.25) is 0 Å². The number of rotatable bonds is 3. The number of carbonyl (C=O) groups is 1. The normalized spacial score (nSPS) is 10.2. The maximum atomic E-state index is 12.0. The third-order valence-corrected chi connectivity index (χ3v) is 2.84. The summed E-state index contributed by atoms with van der Waals surface area (Å²) in [6.45, 7) is 1.84. The van der Waals surface area contributed by atoms with Crippen molar-refractivity contribution in [1.29, 1.82) is 0 Å². The molecule has 0 aliphatic rings. The first-order valence-electron chi connectivity index (χ1n) is 5.36. The van der Waals surface area contributed by atoms with Gasteiger partial charge in [0.05, 0.1) is 0 Å². The topological polar surface area (TPSA) is 30.0 Å². The summed E-state index contributed by atoms with van der Waals surface area (Å²) in [6, 6.07) is 10.9. The lowest BCUT2D eigenvalue weighted by Crippen LogP contribution is -2.06. The Balaban J connectivity index is 2.17. The van der Waals surface area contributed by atoms with Crippen LogP contribution in [0.3, 0.4) is 0 Å². The van der Waals surface area contributed by atoms with Crippen molar-refractivity contribution in [1.82, 2.24) is 4.98 Å². The highest BCUT2D eigenvalue weighted by atomic mass is 35.5. The fourth-order valence-electron chi connectivity index (χ4n) is 1.66.